The van der Waals surface area contributed by atoms with Crippen molar-refractivity contribution in [3.8, 4) is 0 Å². The molecule has 9 heteroatoms. The number of nitro groups is 1. The van der Waals surface area contributed by atoms with Gasteiger partial charge in [0.1, 0.15) is 0 Å². The molecule has 2 aromatic carbocycles. The van der Waals surface area contributed by atoms with Gasteiger partial charge in [-0.05, 0) is 31.9 Å². The van der Waals surface area contributed by atoms with Gasteiger partial charge in [0.25, 0.3) is 5.69 Å². The molecule has 1 unspecified atom stereocenters. The highest BCUT2D eigenvalue weighted by molar-refractivity contribution is 6.00. The second-order valence-electron chi connectivity index (χ2n) is 8.04. The summed E-state index contributed by atoms with van der Waals surface area (Å²) in [5.41, 5.74) is 4.16. The van der Waals surface area contributed by atoms with Crippen LogP contribution in [0.15, 0.2) is 71.1 Å². The van der Waals surface area contributed by atoms with E-state index in [0.717, 1.165) is 13.1 Å². The van der Waals surface area contributed by atoms with E-state index in [1.165, 1.54) is 36.4 Å². The van der Waals surface area contributed by atoms with Gasteiger partial charge in [-0.15, -0.1) is 0 Å². The third-order valence-electron chi connectivity index (χ3n) is 5.85. The summed E-state index contributed by atoms with van der Waals surface area (Å²) >= 11 is 0. The van der Waals surface area contributed by atoms with E-state index in [-0.39, 0.29) is 29.0 Å². The molecule has 4 rings (SSSR count). The van der Waals surface area contributed by atoms with E-state index >= 15 is 0 Å². The van der Waals surface area contributed by atoms with Crippen LogP contribution in [-0.4, -0.2) is 30.6 Å². The van der Waals surface area contributed by atoms with Gasteiger partial charge in [0, 0.05) is 36.1 Å². The van der Waals surface area contributed by atoms with Crippen LogP contribution in [-0.2, 0) is 32.2 Å². The number of benzene rings is 2. The van der Waals surface area contributed by atoms with E-state index in [4.69, 9.17) is 9.47 Å². The molecule has 35 heavy (non-hydrogen) atoms. The molecule has 9 nitrogen and oxygen atoms in total. The lowest BCUT2D eigenvalue weighted by Gasteiger charge is -2.29. The van der Waals surface area contributed by atoms with Gasteiger partial charge in [-0.3, -0.25) is 10.1 Å². The fraction of sp³-hybridized carbons (Fsp3) is 0.308. The minimum absolute atomic E-state index is 0.134. The average molecular weight is 480 g/mol. The number of para-hydroxylation sites is 1. The summed E-state index contributed by atoms with van der Waals surface area (Å²) in [4.78, 5) is 35.9. The average Bonchev–Trinajstić information content (AvgIpc) is 3.32. The number of methoxy groups -OCH3 is 1. The zero-order chi connectivity index (χ0) is 25.5. The SMILES string of the molecule is CCOC(=O)C1=C(C)NC(C)=C(C(=O)OC)C1c1ccccc1[N+](=O)[O-].c1ccc2c(c1)CNC2. The van der Waals surface area contributed by atoms with Gasteiger partial charge < -0.3 is 20.1 Å². The Labute approximate surface area is 204 Å². The third-order valence-corrected chi connectivity index (χ3v) is 5.85. The number of nitrogens with zero attached hydrogens (tertiary/aromatic N) is 1. The predicted octanol–water partition coefficient (Wildman–Crippen LogP) is 3.86. The Morgan fingerprint density at radius 1 is 0.971 bits per heavy atom. The molecule has 0 radical (unpaired) electrons. The highest BCUT2D eigenvalue weighted by atomic mass is 16.6. The van der Waals surface area contributed by atoms with Crippen LogP contribution in [0.5, 0.6) is 0 Å². The van der Waals surface area contributed by atoms with E-state index < -0.39 is 22.8 Å². The molecule has 0 bridgehead atoms. The van der Waals surface area contributed by atoms with Crippen LogP contribution in [0.4, 0.5) is 5.69 Å². The lowest BCUT2D eigenvalue weighted by Crippen LogP contribution is -2.32. The molecule has 2 aliphatic rings. The van der Waals surface area contributed by atoms with Gasteiger partial charge in [0.2, 0.25) is 0 Å². The van der Waals surface area contributed by atoms with Crippen molar-refractivity contribution in [3.63, 3.8) is 0 Å². The van der Waals surface area contributed by atoms with E-state index in [1.54, 1.807) is 26.8 Å². The molecule has 0 fully saturated rings. The number of hydrogen-bond acceptors (Lipinski definition) is 8. The lowest BCUT2D eigenvalue weighted by molar-refractivity contribution is -0.385. The van der Waals surface area contributed by atoms with Crippen molar-refractivity contribution in [3.05, 3.63) is 97.9 Å². The van der Waals surface area contributed by atoms with Crippen LogP contribution in [0, 0.1) is 10.1 Å². The van der Waals surface area contributed by atoms with Gasteiger partial charge in [-0.25, -0.2) is 9.59 Å². The van der Waals surface area contributed by atoms with Gasteiger partial charge in [0.15, 0.2) is 0 Å². The number of fused-ring (bicyclic) bond motifs is 1. The first kappa shape index (κ1) is 25.6. The van der Waals surface area contributed by atoms with Crippen molar-refractivity contribution in [2.24, 2.45) is 0 Å². The second kappa shape index (κ2) is 11.4. The molecule has 2 N–H and O–H groups in total. The number of nitrogens with one attached hydrogen (secondary N) is 2. The molecule has 0 amide bonds. The van der Waals surface area contributed by atoms with E-state index in [9.17, 15) is 19.7 Å². The maximum Gasteiger partial charge on any atom is 0.336 e. The van der Waals surface area contributed by atoms with E-state index in [2.05, 4.69) is 34.9 Å². The summed E-state index contributed by atoms with van der Waals surface area (Å²) in [7, 11) is 1.22. The molecule has 0 saturated carbocycles. The molecule has 2 aliphatic heterocycles. The first-order valence-electron chi connectivity index (χ1n) is 11.2. The molecule has 1 atom stereocenters. The van der Waals surface area contributed by atoms with Crippen molar-refractivity contribution >= 4 is 17.6 Å². The molecule has 0 aliphatic carbocycles. The van der Waals surface area contributed by atoms with Crippen molar-refractivity contribution in [1.29, 1.82) is 0 Å². The highest BCUT2D eigenvalue weighted by Gasteiger charge is 2.40. The van der Waals surface area contributed by atoms with Crippen molar-refractivity contribution < 1.29 is 24.0 Å². The Hall–Kier alpha value is -3.98. The van der Waals surface area contributed by atoms with E-state index in [1.807, 2.05) is 0 Å². The largest absolute Gasteiger partial charge is 0.466 e. The van der Waals surface area contributed by atoms with Gasteiger partial charge in [-0.2, -0.15) is 0 Å². The molecular formula is C26H29N3O6. The number of rotatable bonds is 5. The van der Waals surface area contributed by atoms with Gasteiger partial charge in [-0.1, -0.05) is 42.5 Å². The molecule has 2 heterocycles. The fourth-order valence-corrected chi connectivity index (χ4v) is 4.30. The molecule has 0 spiro atoms. The fourth-order valence-electron chi connectivity index (χ4n) is 4.30. The molecule has 0 aromatic heterocycles. The lowest BCUT2D eigenvalue weighted by atomic mass is 9.79. The normalized spacial score (nSPS) is 16.5. The number of carbonyl (C=O) groups excluding carboxylic acids is 2. The highest BCUT2D eigenvalue weighted by Crippen LogP contribution is 2.42. The third kappa shape index (κ3) is 5.58. The topological polar surface area (TPSA) is 120 Å². The van der Waals surface area contributed by atoms with Gasteiger partial charge in [0.05, 0.1) is 35.7 Å². The van der Waals surface area contributed by atoms with Crippen LogP contribution < -0.4 is 10.6 Å². The smallest absolute Gasteiger partial charge is 0.336 e. The van der Waals surface area contributed by atoms with Crippen LogP contribution in [0.25, 0.3) is 0 Å². The maximum absolute atomic E-state index is 12.6. The number of ether oxygens (including phenoxy) is 2. The zero-order valence-electron chi connectivity index (χ0n) is 20.2. The standard InChI is InChI=1S/C18H20N2O6.C8H9N/c1-5-26-18(22)15-11(3)19-10(2)14(17(21)25-4)16(15)12-8-6-7-9-13(12)20(23)24;1-2-4-8-6-9-5-7(8)3-1/h6-9,16,19H,5H2,1-4H3;1-4,9H,5-6H2. The summed E-state index contributed by atoms with van der Waals surface area (Å²) in [6.45, 7) is 7.21. The summed E-state index contributed by atoms with van der Waals surface area (Å²) in [6, 6.07) is 14.5. The summed E-state index contributed by atoms with van der Waals surface area (Å²) in [5, 5.41) is 17.8. The minimum atomic E-state index is -0.968. The Balaban J connectivity index is 0.000000313. The minimum Gasteiger partial charge on any atom is -0.466 e. The maximum atomic E-state index is 12.6. The molecular weight excluding hydrogens is 450 g/mol. The summed E-state index contributed by atoms with van der Waals surface area (Å²) in [5.74, 6) is -2.29. The summed E-state index contributed by atoms with van der Waals surface area (Å²) < 4.78 is 9.97. The quantitative estimate of drug-likeness (QED) is 0.377. The van der Waals surface area contributed by atoms with Gasteiger partial charge >= 0.3 is 11.9 Å². The van der Waals surface area contributed by atoms with E-state index in [0.29, 0.717) is 11.4 Å². The Morgan fingerprint density at radius 3 is 2.06 bits per heavy atom. The summed E-state index contributed by atoms with van der Waals surface area (Å²) in [6.07, 6.45) is 0. The van der Waals surface area contributed by atoms with Crippen molar-refractivity contribution in [1.82, 2.24) is 10.6 Å². The van der Waals surface area contributed by atoms with Crippen LogP contribution in [0.1, 0.15) is 43.4 Å². The number of esters is 2. The Morgan fingerprint density at radius 2 is 1.51 bits per heavy atom. The van der Waals surface area contributed by atoms with Crippen molar-refractivity contribution in [2.75, 3.05) is 13.7 Å². The predicted molar refractivity (Wildman–Crippen MR) is 130 cm³/mol. The number of allylic oxidation sites excluding steroid dienone is 2. The molecule has 184 valence electrons. The second-order valence-corrected chi connectivity index (χ2v) is 8.04. The Kier molecular flexibility index (Phi) is 8.38. The first-order chi connectivity index (χ1) is 16.8. The van der Waals surface area contributed by atoms with Crippen LogP contribution >= 0.6 is 0 Å². The molecule has 0 saturated heterocycles. The van der Waals surface area contributed by atoms with Crippen molar-refractivity contribution in [2.45, 2.75) is 39.8 Å². The first-order valence-corrected chi connectivity index (χ1v) is 11.2. The number of carbonyl (C=O) groups is 2. The van der Waals surface area contributed by atoms with Crippen LogP contribution in [0.2, 0.25) is 0 Å². The number of nitro benzene ring substituents is 1. The monoisotopic (exact) mass is 479 g/mol. The van der Waals surface area contributed by atoms with Crippen LogP contribution in [0.3, 0.4) is 0 Å². The Bertz CT molecular complexity index is 1180. The number of hydrogen-bond donors (Lipinski definition) is 2. The zero-order valence-corrected chi connectivity index (χ0v) is 20.2. The number of dihydropyridines is 1. The molecule has 2 aromatic rings.